The van der Waals surface area contributed by atoms with Crippen LogP contribution >= 0.6 is 12.6 Å². The number of hydrogen-bond donors (Lipinski definition) is 2. The molecule has 25 heavy (non-hydrogen) atoms. The summed E-state index contributed by atoms with van der Waals surface area (Å²) in [6.07, 6.45) is 9.94. The molecule has 6 atom stereocenters. The van der Waals surface area contributed by atoms with Crippen LogP contribution in [0.25, 0.3) is 0 Å². The summed E-state index contributed by atoms with van der Waals surface area (Å²) < 4.78 is 0. The van der Waals surface area contributed by atoms with Gasteiger partial charge >= 0.3 is 0 Å². The molecule has 1 N–H and O–H groups in total. The van der Waals surface area contributed by atoms with E-state index < -0.39 is 0 Å². The number of hydrogen-bond acceptors (Lipinski definition) is 3. The number of fused-ring (bicyclic) bond motifs is 5. The topological polar surface area (TPSA) is 46.2 Å². The number of Topliss-reactive ketones (excluding diaryl/α,β-unsaturated/α-hetero) is 1. The third kappa shape index (κ3) is 3.28. The molecule has 1 saturated heterocycles. The molecule has 144 valence electrons. The summed E-state index contributed by atoms with van der Waals surface area (Å²) in [7, 11) is 0. The minimum Gasteiger partial charge on any atom is -0.353 e. The molecular weight excluding hydrogens is 330 g/mol. The van der Waals surface area contributed by atoms with E-state index in [1.807, 2.05) is 13.8 Å². The van der Waals surface area contributed by atoms with E-state index in [2.05, 4.69) is 31.8 Å². The van der Waals surface area contributed by atoms with Gasteiger partial charge in [0.05, 0.1) is 0 Å². The van der Waals surface area contributed by atoms with Gasteiger partial charge in [-0.15, -0.1) is 0 Å². The zero-order chi connectivity index (χ0) is 18.8. The van der Waals surface area contributed by atoms with Crippen molar-refractivity contribution in [1.29, 1.82) is 0 Å². The Morgan fingerprint density at radius 1 is 0.920 bits per heavy atom. The summed E-state index contributed by atoms with van der Waals surface area (Å²) in [5, 5.41) is 3.26. The molecule has 1 amide bonds. The zero-order valence-corrected chi connectivity index (χ0v) is 17.6. The SMILES string of the molecule is CC.CC12CCC3C(CCC4NC(=O)CCC43C)C1CCC2=O.CS. The molecule has 1 heterocycles. The first-order valence-corrected chi connectivity index (χ1v) is 11.1. The minimum atomic E-state index is -0.0255. The van der Waals surface area contributed by atoms with Crippen LogP contribution in [-0.2, 0) is 9.59 Å². The fourth-order valence-corrected chi connectivity index (χ4v) is 6.47. The second kappa shape index (κ2) is 8.02. The van der Waals surface area contributed by atoms with E-state index in [1.54, 1.807) is 6.26 Å². The molecule has 0 spiro atoms. The van der Waals surface area contributed by atoms with Crippen LogP contribution in [0.2, 0.25) is 0 Å². The van der Waals surface area contributed by atoms with E-state index in [9.17, 15) is 9.59 Å². The average molecular weight is 368 g/mol. The van der Waals surface area contributed by atoms with Crippen LogP contribution in [0, 0.1) is 28.6 Å². The minimum absolute atomic E-state index is 0.0255. The Kier molecular flexibility index (Phi) is 6.67. The van der Waals surface area contributed by atoms with Crippen molar-refractivity contribution in [2.75, 3.05) is 6.26 Å². The molecule has 3 aliphatic carbocycles. The molecular formula is C21H37NO2S. The summed E-state index contributed by atoms with van der Waals surface area (Å²) in [5.74, 6) is 2.80. The number of nitrogens with one attached hydrogen (secondary N) is 1. The lowest BCUT2D eigenvalue weighted by atomic mass is 9.48. The number of amides is 1. The maximum absolute atomic E-state index is 12.4. The fraction of sp³-hybridized carbons (Fsp3) is 0.905. The molecule has 1 aliphatic heterocycles. The first-order chi connectivity index (χ1) is 11.9. The number of rotatable bonds is 0. The Balaban J connectivity index is 0.000000528. The molecule has 4 rings (SSSR count). The van der Waals surface area contributed by atoms with Gasteiger partial charge in [0.25, 0.3) is 0 Å². The van der Waals surface area contributed by atoms with Crippen molar-refractivity contribution in [1.82, 2.24) is 5.32 Å². The van der Waals surface area contributed by atoms with Crippen LogP contribution in [0.15, 0.2) is 0 Å². The summed E-state index contributed by atoms with van der Waals surface area (Å²) >= 11 is 3.53. The Hall–Kier alpha value is -0.510. The quantitative estimate of drug-likeness (QED) is 0.612. The number of carbonyl (C=O) groups excluding carboxylic acids is 2. The van der Waals surface area contributed by atoms with E-state index in [1.165, 1.54) is 12.8 Å². The van der Waals surface area contributed by atoms with E-state index in [-0.39, 0.29) is 16.7 Å². The number of piperidine rings is 1. The van der Waals surface area contributed by atoms with Crippen LogP contribution in [-0.4, -0.2) is 24.0 Å². The van der Waals surface area contributed by atoms with Gasteiger partial charge in [0.15, 0.2) is 0 Å². The van der Waals surface area contributed by atoms with Gasteiger partial charge in [0.2, 0.25) is 5.91 Å². The molecule has 0 radical (unpaired) electrons. The fourth-order valence-electron chi connectivity index (χ4n) is 6.47. The van der Waals surface area contributed by atoms with Gasteiger partial charge in [0, 0.05) is 24.3 Å². The van der Waals surface area contributed by atoms with Gasteiger partial charge in [0.1, 0.15) is 5.78 Å². The number of ketones is 1. The maximum Gasteiger partial charge on any atom is 0.220 e. The monoisotopic (exact) mass is 367 g/mol. The molecule has 3 saturated carbocycles. The Labute approximate surface area is 159 Å². The first kappa shape index (κ1) is 20.8. The third-order valence-corrected chi connectivity index (χ3v) is 7.80. The second-order valence-corrected chi connectivity index (χ2v) is 8.50. The van der Waals surface area contributed by atoms with Crippen LogP contribution in [0.5, 0.6) is 0 Å². The van der Waals surface area contributed by atoms with Crippen LogP contribution in [0.1, 0.15) is 79.1 Å². The van der Waals surface area contributed by atoms with Crippen LogP contribution in [0.4, 0.5) is 0 Å². The third-order valence-electron chi connectivity index (χ3n) is 7.80. The van der Waals surface area contributed by atoms with Crippen LogP contribution < -0.4 is 5.32 Å². The van der Waals surface area contributed by atoms with Crippen LogP contribution in [0.3, 0.4) is 0 Å². The lowest BCUT2D eigenvalue weighted by Crippen LogP contribution is -2.61. The van der Waals surface area contributed by atoms with E-state index in [0.717, 1.165) is 32.1 Å². The van der Waals surface area contributed by atoms with Gasteiger partial charge in [-0.25, -0.2) is 0 Å². The second-order valence-electron chi connectivity index (χ2n) is 8.50. The van der Waals surface area contributed by atoms with E-state index >= 15 is 0 Å². The molecule has 4 fully saturated rings. The van der Waals surface area contributed by atoms with Gasteiger partial charge in [-0.1, -0.05) is 27.7 Å². The molecule has 0 aromatic rings. The summed E-state index contributed by atoms with van der Waals surface area (Å²) in [4.78, 5) is 24.1. The molecule has 4 heteroatoms. The van der Waals surface area contributed by atoms with Crippen molar-refractivity contribution in [2.45, 2.75) is 85.1 Å². The highest BCUT2D eigenvalue weighted by Crippen LogP contribution is 2.62. The summed E-state index contributed by atoms with van der Waals surface area (Å²) in [6.45, 7) is 8.65. The highest BCUT2D eigenvalue weighted by atomic mass is 32.1. The lowest BCUT2D eigenvalue weighted by molar-refractivity contribution is -0.141. The van der Waals surface area contributed by atoms with Crippen molar-refractivity contribution in [3.8, 4) is 0 Å². The van der Waals surface area contributed by atoms with Gasteiger partial charge in [-0.05, 0) is 67.9 Å². The molecule has 3 nitrogen and oxygen atoms in total. The van der Waals surface area contributed by atoms with Gasteiger partial charge < -0.3 is 5.32 Å². The Morgan fingerprint density at radius 2 is 1.60 bits per heavy atom. The van der Waals surface area contributed by atoms with Gasteiger partial charge in [-0.2, -0.15) is 12.6 Å². The smallest absolute Gasteiger partial charge is 0.220 e. The molecule has 0 aromatic carbocycles. The Bertz CT molecular complexity index is 508. The number of carbonyl (C=O) groups is 2. The van der Waals surface area contributed by atoms with E-state index in [4.69, 9.17) is 0 Å². The molecule has 6 unspecified atom stereocenters. The predicted octanol–water partition coefficient (Wildman–Crippen LogP) is 4.65. The number of thiol groups is 1. The van der Waals surface area contributed by atoms with Crippen molar-refractivity contribution in [3.63, 3.8) is 0 Å². The molecule has 4 aliphatic rings. The van der Waals surface area contributed by atoms with Crippen molar-refractivity contribution >= 4 is 24.3 Å². The molecule has 0 aromatic heterocycles. The zero-order valence-electron chi connectivity index (χ0n) is 16.7. The molecule has 0 bridgehead atoms. The Morgan fingerprint density at radius 3 is 2.28 bits per heavy atom. The standard InChI is InChI=1S/C18H27NO2.C2H6.CH4S/c1-17-10-8-16(21)19-14(17)5-3-11-12-4-6-15(20)18(12,2)9-7-13(11)17;2*1-2/h11-14H,3-10H2,1-2H3,(H,19,21);1-2H3;2H,1H3. The van der Waals surface area contributed by atoms with Crippen molar-refractivity contribution in [3.05, 3.63) is 0 Å². The highest BCUT2D eigenvalue weighted by molar-refractivity contribution is 7.79. The summed E-state index contributed by atoms with van der Waals surface area (Å²) in [6, 6.07) is 0.376. The highest BCUT2D eigenvalue weighted by Gasteiger charge is 2.60. The first-order valence-electron chi connectivity index (χ1n) is 10.2. The largest absolute Gasteiger partial charge is 0.353 e. The normalized spacial score (nSPS) is 44.7. The predicted molar refractivity (Wildman–Crippen MR) is 107 cm³/mol. The van der Waals surface area contributed by atoms with E-state index in [0.29, 0.717) is 36.0 Å². The maximum atomic E-state index is 12.4. The van der Waals surface area contributed by atoms with Gasteiger partial charge in [-0.3, -0.25) is 9.59 Å². The lowest BCUT2D eigenvalue weighted by Gasteiger charge is -2.59. The summed E-state index contributed by atoms with van der Waals surface area (Å²) in [5.41, 5.74) is 0.242. The van der Waals surface area contributed by atoms with Crippen molar-refractivity contribution in [2.24, 2.45) is 28.6 Å². The van der Waals surface area contributed by atoms with Crippen molar-refractivity contribution < 1.29 is 9.59 Å². The average Bonchev–Trinajstić information content (AvgIpc) is 2.94.